The van der Waals surface area contributed by atoms with E-state index in [1.54, 1.807) is 6.07 Å². The molecule has 1 amide bonds. The SMILES string of the molecule is COC(=O)[C@@H](CC(C)C)NC(=O)Cn1nc(-c2cccs2)ccc1=O. The standard InChI is InChI=1S/C17H21N3O4S/c1-11(2)9-13(17(23)24-3)18-15(21)10-20-16(22)7-6-12(19-20)14-5-4-8-25-14/h4-8,11,13H,9-10H2,1-3H3,(H,18,21)/t13-/m1/s1. The number of hydrogen-bond donors (Lipinski definition) is 1. The van der Waals surface area contributed by atoms with Crippen LogP contribution in [0.3, 0.4) is 0 Å². The lowest BCUT2D eigenvalue weighted by atomic mass is 10.0. The number of rotatable bonds is 7. The molecule has 0 radical (unpaired) electrons. The molecule has 0 aliphatic heterocycles. The molecule has 0 aliphatic rings. The van der Waals surface area contributed by atoms with Crippen molar-refractivity contribution < 1.29 is 14.3 Å². The number of nitrogens with zero attached hydrogens (tertiary/aromatic N) is 2. The van der Waals surface area contributed by atoms with E-state index < -0.39 is 17.9 Å². The summed E-state index contributed by atoms with van der Waals surface area (Å²) in [6.07, 6.45) is 0.454. The van der Waals surface area contributed by atoms with Gasteiger partial charge in [0.2, 0.25) is 5.91 Å². The molecule has 2 rings (SSSR count). The van der Waals surface area contributed by atoms with E-state index in [-0.39, 0.29) is 18.0 Å². The molecule has 7 nitrogen and oxygen atoms in total. The molecule has 134 valence electrons. The number of esters is 1. The molecule has 0 saturated heterocycles. The average Bonchev–Trinajstić information content (AvgIpc) is 3.09. The highest BCUT2D eigenvalue weighted by Gasteiger charge is 2.23. The Morgan fingerprint density at radius 1 is 1.32 bits per heavy atom. The van der Waals surface area contributed by atoms with Gasteiger partial charge in [0, 0.05) is 6.07 Å². The van der Waals surface area contributed by atoms with Crippen LogP contribution in [0.2, 0.25) is 0 Å². The van der Waals surface area contributed by atoms with Crippen molar-refractivity contribution >= 4 is 23.2 Å². The largest absolute Gasteiger partial charge is 0.467 e. The summed E-state index contributed by atoms with van der Waals surface area (Å²) in [6.45, 7) is 3.63. The zero-order chi connectivity index (χ0) is 18.4. The van der Waals surface area contributed by atoms with Gasteiger partial charge in [-0.15, -0.1) is 11.3 Å². The third kappa shape index (κ3) is 5.25. The summed E-state index contributed by atoms with van der Waals surface area (Å²) in [5.74, 6) is -0.768. The number of thiophene rings is 1. The van der Waals surface area contributed by atoms with Crippen molar-refractivity contribution in [2.24, 2.45) is 5.92 Å². The van der Waals surface area contributed by atoms with Crippen molar-refractivity contribution in [2.45, 2.75) is 32.9 Å². The normalized spacial score (nSPS) is 12.0. The summed E-state index contributed by atoms with van der Waals surface area (Å²) >= 11 is 1.49. The monoisotopic (exact) mass is 363 g/mol. The molecule has 0 unspecified atom stereocenters. The Morgan fingerprint density at radius 2 is 2.08 bits per heavy atom. The molecule has 0 aromatic carbocycles. The van der Waals surface area contributed by atoms with Crippen LogP contribution in [-0.4, -0.2) is 34.8 Å². The number of ether oxygens (including phenoxy) is 1. The highest BCUT2D eigenvalue weighted by Crippen LogP contribution is 2.21. The Bertz CT molecular complexity index is 783. The van der Waals surface area contributed by atoms with Gasteiger partial charge in [-0.3, -0.25) is 9.59 Å². The van der Waals surface area contributed by atoms with Crippen molar-refractivity contribution in [2.75, 3.05) is 7.11 Å². The molecule has 0 aliphatic carbocycles. The highest BCUT2D eigenvalue weighted by molar-refractivity contribution is 7.13. The van der Waals surface area contributed by atoms with Crippen molar-refractivity contribution in [3.8, 4) is 10.6 Å². The molecular formula is C17H21N3O4S. The third-order valence-corrected chi connectivity index (χ3v) is 4.35. The minimum absolute atomic E-state index is 0.201. The maximum absolute atomic E-state index is 12.3. The molecular weight excluding hydrogens is 342 g/mol. The molecule has 8 heteroatoms. The van der Waals surface area contributed by atoms with Crippen LogP contribution in [0, 0.1) is 5.92 Å². The van der Waals surface area contributed by atoms with Crippen molar-refractivity contribution in [3.05, 3.63) is 40.0 Å². The van der Waals surface area contributed by atoms with E-state index in [1.807, 2.05) is 31.4 Å². The van der Waals surface area contributed by atoms with E-state index in [2.05, 4.69) is 10.4 Å². The first-order valence-corrected chi connectivity index (χ1v) is 8.78. The number of nitrogens with one attached hydrogen (secondary N) is 1. The first-order valence-electron chi connectivity index (χ1n) is 7.90. The van der Waals surface area contributed by atoms with Gasteiger partial charge in [-0.2, -0.15) is 5.10 Å². The lowest BCUT2D eigenvalue weighted by Gasteiger charge is -2.18. The van der Waals surface area contributed by atoms with Crippen LogP contribution in [0.4, 0.5) is 0 Å². The molecule has 2 heterocycles. The molecule has 1 N–H and O–H groups in total. The van der Waals surface area contributed by atoms with Crippen LogP contribution < -0.4 is 10.9 Å². The van der Waals surface area contributed by atoms with Crippen LogP contribution in [0.5, 0.6) is 0 Å². The summed E-state index contributed by atoms with van der Waals surface area (Å²) in [5, 5.41) is 8.75. The number of methoxy groups -OCH3 is 1. The smallest absolute Gasteiger partial charge is 0.328 e. The minimum atomic E-state index is -0.742. The van der Waals surface area contributed by atoms with E-state index in [4.69, 9.17) is 4.74 Å². The molecule has 1 atom stereocenters. The molecule has 0 spiro atoms. The second-order valence-corrected chi connectivity index (χ2v) is 6.91. The van der Waals surface area contributed by atoms with Crippen molar-refractivity contribution in [1.29, 1.82) is 0 Å². The second kappa shape index (κ2) is 8.57. The lowest BCUT2D eigenvalue weighted by Crippen LogP contribution is -2.44. The summed E-state index contributed by atoms with van der Waals surface area (Å²) in [4.78, 5) is 36.9. The number of carbonyl (C=O) groups is 2. The van der Waals surface area contributed by atoms with E-state index >= 15 is 0 Å². The number of hydrogen-bond acceptors (Lipinski definition) is 6. The Labute approximate surface area is 149 Å². The zero-order valence-electron chi connectivity index (χ0n) is 14.4. The summed E-state index contributed by atoms with van der Waals surface area (Å²) < 4.78 is 5.81. The molecule has 2 aromatic heterocycles. The Kier molecular flexibility index (Phi) is 6.46. The Balaban J connectivity index is 2.12. The zero-order valence-corrected chi connectivity index (χ0v) is 15.2. The number of amides is 1. The fourth-order valence-electron chi connectivity index (χ4n) is 2.32. The summed E-state index contributed by atoms with van der Waals surface area (Å²) in [7, 11) is 1.28. The van der Waals surface area contributed by atoms with Crippen molar-refractivity contribution in [1.82, 2.24) is 15.1 Å². The first kappa shape index (κ1) is 18.9. The number of aromatic nitrogens is 2. The average molecular weight is 363 g/mol. The van der Waals surface area contributed by atoms with Crippen LogP contribution >= 0.6 is 11.3 Å². The van der Waals surface area contributed by atoms with Crippen LogP contribution in [0.1, 0.15) is 20.3 Å². The van der Waals surface area contributed by atoms with Crippen molar-refractivity contribution in [3.63, 3.8) is 0 Å². The molecule has 25 heavy (non-hydrogen) atoms. The quantitative estimate of drug-likeness (QED) is 0.756. The van der Waals surface area contributed by atoms with Gasteiger partial charge in [0.25, 0.3) is 5.56 Å². The Hall–Kier alpha value is -2.48. The van der Waals surface area contributed by atoms with E-state index in [9.17, 15) is 14.4 Å². The third-order valence-electron chi connectivity index (χ3n) is 3.46. The lowest BCUT2D eigenvalue weighted by molar-refractivity contribution is -0.145. The number of carbonyl (C=O) groups excluding carboxylic acids is 2. The maximum Gasteiger partial charge on any atom is 0.328 e. The molecule has 2 aromatic rings. The fraction of sp³-hybridized carbons (Fsp3) is 0.412. The molecule has 0 fully saturated rings. The van der Waals surface area contributed by atoms with E-state index in [0.29, 0.717) is 12.1 Å². The predicted molar refractivity (Wildman–Crippen MR) is 95.2 cm³/mol. The Morgan fingerprint density at radius 3 is 2.68 bits per heavy atom. The van der Waals surface area contributed by atoms with Crippen LogP contribution in [0.25, 0.3) is 10.6 Å². The van der Waals surface area contributed by atoms with Gasteiger partial charge in [0.15, 0.2) is 0 Å². The second-order valence-electron chi connectivity index (χ2n) is 5.96. The first-order chi connectivity index (χ1) is 11.9. The van der Waals surface area contributed by atoms with Gasteiger partial charge in [-0.1, -0.05) is 19.9 Å². The van der Waals surface area contributed by atoms with E-state index in [0.717, 1.165) is 9.56 Å². The van der Waals surface area contributed by atoms with Gasteiger partial charge < -0.3 is 10.1 Å². The topological polar surface area (TPSA) is 90.3 Å². The molecule has 0 saturated carbocycles. The van der Waals surface area contributed by atoms with Gasteiger partial charge >= 0.3 is 5.97 Å². The minimum Gasteiger partial charge on any atom is -0.467 e. The van der Waals surface area contributed by atoms with Crippen LogP contribution in [0.15, 0.2) is 34.4 Å². The van der Waals surface area contributed by atoms with Gasteiger partial charge in [-0.05, 0) is 29.9 Å². The maximum atomic E-state index is 12.3. The molecule has 0 bridgehead atoms. The fourth-order valence-corrected chi connectivity index (χ4v) is 3.01. The van der Waals surface area contributed by atoms with Crippen LogP contribution in [-0.2, 0) is 20.9 Å². The van der Waals surface area contributed by atoms with Gasteiger partial charge in [-0.25, -0.2) is 9.48 Å². The predicted octanol–water partition coefficient (Wildman–Crippen LogP) is 1.68. The summed E-state index contributed by atoms with van der Waals surface area (Å²) in [5.41, 5.74) is 0.239. The van der Waals surface area contributed by atoms with Gasteiger partial charge in [0.1, 0.15) is 18.3 Å². The summed E-state index contributed by atoms with van der Waals surface area (Å²) in [6, 6.07) is 6.03. The van der Waals surface area contributed by atoms with E-state index in [1.165, 1.54) is 24.5 Å². The van der Waals surface area contributed by atoms with Gasteiger partial charge in [0.05, 0.1) is 12.0 Å². The highest BCUT2D eigenvalue weighted by atomic mass is 32.1.